The first-order valence-electron chi connectivity index (χ1n) is 14.1. The van der Waals surface area contributed by atoms with E-state index in [1.165, 1.54) is 0 Å². The number of ether oxygens (including phenoxy) is 1. The third kappa shape index (κ3) is 8.11. The Morgan fingerprint density at radius 3 is 2.36 bits per heavy atom. The molecule has 13 heteroatoms. The van der Waals surface area contributed by atoms with E-state index in [0.717, 1.165) is 5.39 Å². The van der Waals surface area contributed by atoms with Gasteiger partial charge in [-0.3, -0.25) is 5.32 Å². The van der Waals surface area contributed by atoms with E-state index in [9.17, 15) is 9.59 Å². The second-order valence-electron chi connectivity index (χ2n) is 12.4. The summed E-state index contributed by atoms with van der Waals surface area (Å²) < 4.78 is 11.1. The number of hydrogen-bond acceptors (Lipinski definition) is 8. The normalized spacial score (nSPS) is 11.8. The first-order chi connectivity index (χ1) is 21.1. The maximum Gasteiger partial charge on any atom is 0.408 e. The van der Waals surface area contributed by atoms with Crippen LogP contribution in [0.4, 0.5) is 27.0 Å². The number of urea groups is 1. The molecule has 0 unspecified atom stereocenters. The Bertz CT molecular complexity index is 1890. The van der Waals surface area contributed by atoms with Crippen LogP contribution in [0.1, 0.15) is 47.3 Å². The number of hydrogen-bond donors (Lipinski definition) is 4. The molecule has 3 aromatic heterocycles. The van der Waals surface area contributed by atoms with Gasteiger partial charge in [0, 0.05) is 39.3 Å². The van der Waals surface area contributed by atoms with Crippen molar-refractivity contribution < 1.29 is 18.7 Å². The molecule has 4 N–H and O–H groups in total. The van der Waals surface area contributed by atoms with Crippen LogP contribution in [0.2, 0.25) is 10.0 Å². The Kier molecular flexibility index (Phi) is 8.77. The van der Waals surface area contributed by atoms with Gasteiger partial charge >= 0.3 is 12.1 Å². The van der Waals surface area contributed by atoms with Gasteiger partial charge in [0.1, 0.15) is 22.8 Å². The molecule has 3 heterocycles. The third-order valence-corrected chi connectivity index (χ3v) is 6.78. The number of aromatic nitrogens is 3. The second-order valence-corrected chi connectivity index (χ2v) is 13.2. The van der Waals surface area contributed by atoms with Crippen LogP contribution in [-0.2, 0) is 11.3 Å². The minimum Gasteiger partial charge on any atom is -0.459 e. The standard InChI is InChI=1S/C32H33Cl2N7O4/c1-31(2,3)41-29(42)40-27-21(25-22(33)8-7-9-23(25)34)14-18-15-35-28(39-26(18)38-27)37-19-10-11-24-17(12-19)13-20(44-24)16-36-30(43)45-32(4,5)6/h7-15H,16H2,1-6H3,(H,36,43)(H3,35,37,38,39,40,41,42). The smallest absolute Gasteiger partial charge is 0.408 e. The Labute approximate surface area is 270 Å². The summed E-state index contributed by atoms with van der Waals surface area (Å²) >= 11 is 13.1. The van der Waals surface area contributed by atoms with E-state index in [-0.39, 0.29) is 12.4 Å². The van der Waals surface area contributed by atoms with Gasteiger partial charge < -0.3 is 25.1 Å². The molecule has 0 saturated heterocycles. The Balaban J connectivity index is 1.42. The molecule has 0 aliphatic heterocycles. The highest BCUT2D eigenvalue weighted by atomic mass is 35.5. The summed E-state index contributed by atoms with van der Waals surface area (Å²) in [5, 5.41) is 13.8. The van der Waals surface area contributed by atoms with E-state index in [4.69, 9.17) is 32.4 Å². The molecule has 5 rings (SSSR count). The van der Waals surface area contributed by atoms with Crippen molar-refractivity contribution in [2.24, 2.45) is 0 Å². The summed E-state index contributed by atoms with van der Waals surface area (Å²) in [5.74, 6) is 1.10. The van der Waals surface area contributed by atoms with E-state index >= 15 is 0 Å². The number of fused-ring (bicyclic) bond motifs is 2. The summed E-state index contributed by atoms with van der Waals surface area (Å²) in [5.41, 5.74) is 1.67. The monoisotopic (exact) mass is 649 g/mol. The highest BCUT2D eigenvalue weighted by molar-refractivity contribution is 6.39. The lowest BCUT2D eigenvalue weighted by Gasteiger charge is -2.21. The van der Waals surface area contributed by atoms with Crippen LogP contribution in [0.25, 0.3) is 33.1 Å². The highest BCUT2D eigenvalue weighted by Crippen LogP contribution is 2.39. The zero-order valence-corrected chi connectivity index (χ0v) is 27.1. The zero-order chi connectivity index (χ0) is 32.5. The Morgan fingerprint density at radius 1 is 0.933 bits per heavy atom. The largest absolute Gasteiger partial charge is 0.459 e. The van der Waals surface area contributed by atoms with Gasteiger partial charge in [0.25, 0.3) is 0 Å². The number of nitrogens with zero attached hydrogens (tertiary/aromatic N) is 3. The summed E-state index contributed by atoms with van der Waals surface area (Å²) in [6.07, 6.45) is 1.10. The number of furan rings is 1. The summed E-state index contributed by atoms with van der Waals surface area (Å²) in [4.78, 5) is 38.6. The van der Waals surface area contributed by atoms with Crippen LogP contribution in [0.5, 0.6) is 0 Å². The molecule has 0 aliphatic carbocycles. The fourth-order valence-corrected chi connectivity index (χ4v) is 5.01. The number of carbonyl (C=O) groups excluding carboxylic acids is 2. The van der Waals surface area contributed by atoms with Gasteiger partial charge in [-0.2, -0.15) is 4.98 Å². The number of amides is 3. The van der Waals surface area contributed by atoms with E-state index in [0.29, 0.717) is 55.2 Å². The van der Waals surface area contributed by atoms with Crippen molar-refractivity contribution in [2.75, 3.05) is 10.6 Å². The van der Waals surface area contributed by atoms with Gasteiger partial charge in [0.05, 0.1) is 16.6 Å². The number of carbonyl (C=O) groups is 2. The predicted molar refractivity (Wildman–Crippen MR) is 177 cm³/mol. The van der Waals surface area contributed by atoms with Crippen LogP contribution < -0.4 is 21.3 Å². The number of anilines is 3. The first kappa shape index (κ1) is 31.8. The van der Waals surface area contributed by atoms with Gasteiger partial charge in [-0.05, 0) is 84.0 Å². The molecule has 2 aromatic carbocycles. The van der Waals surface area contributed by atoms with Crippen molar-refractivity contribution in [3.63, 3.8) is 0 Å². The molecule has 0 saturated carbocycles. The van der Waals surface area contributed by atoms with E-state index < -0.39 is 23.3 Å². The van der Waals surface area contributed by atoms with E-state index in [1.54, 1.807) is 51.2 Å². The molecule has 0 spiro atoms. The molecule has 0 atom stereocenters. The van der Waals surface area contributed by atoms with Crippen LogP contribution >= 0.6 is 23.2 Å². The topological polar surface area (TPSA) is 143 Å². The van der Waals surface area contributed by atoms with Gasteiger partial charge in [-0.1, -0.05) is 29.3 Å². The average molecular weight is 651 g/mol. The third-order valence-electron chi connectivity index (χ3n) is 6.15. The minimum absolute atomic E-state index is 0.178. The van der Waals surface area contributed by atoms with Crippen molar-refractivity contribution in [3.8, 4) is 11.1 Å². The van der Waals surface area contributed by atoms with Crippen molar-refractivity contribution in [1.82, 2.24) is 25.6 Å². The molecule has 11 nitrogen and oxygen atoms in total. The molecular formula is C32H33Cl2N7O4. The maximum absolute atomic E-state index is 12.9. The molecule has 0 radical (unpaired) electrons. The van der Waals surface area contributed by atoms with Crippen molar-refractivity contribution >= 4 is 74.8 Å². The van der Waals surface area contributed by atoms with Crippen LogP contribution in [0.3, 0.4) is 0 Å². The Morgan fingerprint density at radius 2 is 1.67 bits per heavy atom. The highest BCUT2D eigenvalue weighted by Gasteiger charge is 2.21. The number of pyridine rings is 1. The number of halogens is 2. The van der Waals surface area contributed by atoms with E-state index in [2.05, 4.69) is 36.2 Å². The molecule has 234 valence electrons. The predicted octanol–water partition coefficient (Wildman–Crippen LogP) is 8.43. The van der Waals surface area contributed by atoms with E-state index in [1.807, 2.05) is 45.0 Å². The van der Waals surface area contributed by atoms with Crippen molar-refractivity contribution in [2.45, 2.75) is 59.2 Å². The molecule has 3 amide bonds. The van der Waals surface area contributed by atoms with Crippen molar-refractivity contribution in [3.05, 3.63) is 70.5 Å². The van der Waals surface area contributed by atoms with Gasteiger partial charge in [0.2, 0.25) is 5.95 Å². The number of benzene rings is 2. The van der Waals surface area contributed by atoms with Gasteiger partial charge in [0.15, 0.2) is 5.65 Å². The lowest BCUT2D eigenvalue weighted by atomic mass is 10.0. The number of nitrogens with one attached hydrogen (secondary N) is 4. The fourth-order valence-electron chi connectivity index (χ4n) is 4.41. The molecule has 0 bridgehead atoms. The fraction of sp³-hybridized carbons (Fsp3) is 0.281. The number of alkyl carbamates (subject to hydrolysis) is 1. The Hall–Kier alpha value is -4.61. The van der Waals surface area contributed by atoms with Crippen molar-refractivity contribution in [1.29, 1.82) is 0 Å². The molecule has 0 aliphatic rings. The van der Waals surface area contributed by atoms with Crippen LogP contribution in [0.15, 0.2) is 59.1 Å². The lowest BCUT2D eigenvalue weighted by molar-refractivity contribution is 0.0520. The average Bonchev–Trinajstić information content (AvgIpc) is 3.32. The molecule has 45 heavy (non-hydrogen) atoms. The molecule has 5 aromatic rings. The maximum atomic E-state index is 12.9. The molecular weight excluding hydrogens is 617 g/mol. The van der Waals surface area contributed by atoms with Gasteiger partial charge in [-0.15, -0.1) is 0 Å². The quantitative estimate of drug-likeness (QED) is 0.143. The summed E-state index contributed by atoms with van der Waals surface area (Å²) in [6, 6.07) is 13.9. The lowest BCUT2D eigenvalue weighted by Crippen LogP contribution is -2.43. The van der Waals surface area contributed by atoms with Crippen LogP contribution in [0, 0.1) is 0 Å². The van der Waals surface area contributed by atoms with Gasteiger partial charge in [-0.25, -0.2) is 19.6 Å². The zero-order valence-electron chi connectivity index (χ0n) is 25.6. The second kappa shape index (κ2) is 12.4. The summed E-state index contributed by atoms with van der Waals surface area (Å²) in [6.45, 7) is 11.2. The SMILES string of the molecule is CC(C)(C)NC(=O)Nc1nc2nc(Nc3ccc4oc(CNC(=O)OC(C)(C)C)cc4c3)ncc2cc1-c1c(Cl)cccc1Cl. The summed E-state index contributed by atoms with van der Waals surface area (Å²) in [7, 11) is 0. The van der Waals surface area contributed by atoms with Crippen LogP contribution in [-0.4, -0.2) is 38.2 Å². The number of rotatable bonds is 6. The molecule has 0 fully saturated rings. The first-order valence-corrected chi connectivity index (χ1v) is 14.9. The minimum atomic E-state index is -0.594.